The van der Waals surface area contributed by atoms with Gasteiger partial charge < -0.3 is 9.84 Å². The molecule has 0 spiro atoms. The van der Waals surface area contributed by atoms with Crippen molar-refractivity contribution in [3.8, 4) is 11.5 Å². The van der Waals surface area contributed by atoms with Crippen molar-refractivity contribution in [1.82, 2.24) is 0 Å². The minimum absolute atomic E-state index is 0.180. The number of hydrogen-bond donors (Lipinski definition) is 1. The standard InChI is InChI=1S/C24H34O3Si/c1-23(2,3)20-13-18(14-21(22(20)26)24(4,5)6)27-16-28(7,8)19-11-9-17(15-25)10-12-19/h9-15,26H,16H2,1-8H3. The summed E-state index contributed by atoms with van der Waals surface area (Å²) < 4.78 is 6.29. The quantitative estimate of drug-likeness (QED) is 0.547. The fraction of sp³-hybridized carbons (Fsp3) is 0.458. The van der Waals surface area contributed by atoms with Crippen LogP contribution in [0.15, 0.2) is 36.4 Å². The fourth-order valence-electron chi connectivity index (χ4n) is 3.19. The molecule has 0 fully saturated rings. The average Bonchev–Trinajstić information content (AvgIpc) is 2.59. The molecule has 0 amide bonds. The van der Waals surface area contributed by atoms with Crippen molar-refractivity contribution in [2.75, 3.05) is 6.23 Å². The number of benzene rings is 2. The summed E-state index contributed by atoms with van der Waals surface area (Å²) in [5.41, 5.74) is 2.15. The molecule has 4 heteroatoms. The Balaban J connectivity index is 2.35. The molecule has 0 atom stereocenters. The minimum atomic E-state index is -1.84. The molecule has 2 aromatic carbocycles. The summed E-state index contributed by atoms with van der Waals surface area (Å²) in [6.45, 7) is 17.1. The summed E-state index contributed by atoms with van der Waals surface area (Å²) in [5.74, 6) is 1.17. The van der Waals surface area contributed by atoms with Crippen LogP contribution in [-0.2, 0) is 10.8 Å². The lowest BCUT2D eigenvalue weighted by Crippen LogP contribution is -2.47. The zero-order valence-corrected chi connectivity index (χ0v) is 19.5. The normalized spacial score (nSPS) is 12.7. The zero-order valence-electron chi connectivity index (χ0n) is 18.5. The van der Waals surface area contributed by atoms with Gasteiger partial charge in [0.2, 0.25) is 0 Å². The summed E-state index contributed by atoms with van der Waals surface area (Å²) in [4.78, 5) is 10.9. The number of phenolic OH excluding ortho intramolecular Hbond substituents is 1. The first-order valence-corrected chi connectivity index (χ1v) is 13.0. The van der Waals surface area contributed by atoms with Crippen LogP contribution in [0.5, 0.6) is 11.5 Å². The third-order valence-electron chi connectivity index (χ3n) is 5.13. The number of rotatable bonds is 5. The molecule has 0 bridgehead atoms. The topological polar surface area (TPSA) is 46.5 Å². The van der Waals surface area contributed by atoms with Gasteiger partial charge in [-0.05, 0) is 23.0 Å². The van der Waals surface area contributed by atoms with E-state index in [-0.39, 0.29) is 10.8 Å². The highest BCUT2D eigenvalue weighted by atomic mass is 28.3. The van der Waals surface area contributed by atoms with Crippen LogP contribution >= 0.6 is 0 Å². The second kappa shape index (κ2) is 7.74. The summed E-state index contributed by atoms with van der Waals surface area (Å²) >= 11 is 0. The number of hydrogen-bond acceptors (Lipinski definition) is 3. The van der Waals surface area contributed by atoms with Gasteiger partial charge in [-0.15, -0.1) is 0 Å². The molecule has 0 radical (unpaired) electrons. The van der Waals surface area contributed by atoms with Gasteiger partial charge in [0.1, 0.15) is 25.9 Å². The van der Waals surface area contributed by atoms with Crippen molar-refractivity contribution < 1.29 is 14.6 Å². The van der Waals surface area contributed by atoms with Gasteiger partial charge >= 0.3 is 0 Å². The van der Waals surface area contributed by atoms with E-state index in [2.05, 4.69) is 54.6 Å². The highest BCUT2D eigenvalue weighted by molar-refractivity contribution is 6.89. The summed E-state index contributed by atoms with van der Waals surface area (Å²) in [6, 6.07) is 11.8. The fourth-order valence-corrected chi connectivity index (χ4v) is 4.96. The number of carbonyl (C=O) groups is 1. The predicted molar refractivity (Wildman–Crippen MR) is 120 cm³/mol. The first-order chi connectivity index (χ1) is 12.8. The number of phenols is 1. The third kappa shape index (κ3) is 5.05. The van der Waals surface area contributed by atoms with Crippen LogP contribution in [0.3, 0.4) is 0 Å². The Morgan fingerprint density at radius 1 is 0.929 bits per heavy atom. The van der Waals surface area contributed by atoms with Crippen molar-refractivity contribution in [3.63, 3.8) is 0 Å². The molecule has 0 aliphatic rings. The van der Waals surface area contributed by atoms with E-state index in [4.69, 9.17) is 4.74 Å². The van der Waals surface area contributed by atoms with E-state index in [1.54, 1.807) is 0 Å². The Morgan fingerprint density at radius 3 is 1.79 bits per heavy atom. The first kappa shape index (κ1) is 22.2. The second-order valence-corrected chi connectivity index (χ2v) is 14.9. The third-order valence-corrected chi connectivity index (χ3v) is 7.89. The maximum Gasteiger partial charge on any atom is 0.150 e. The van der Waals surface area contributed by atoms with Crippen LogP contribution in [0.4, 0.5) is 0 Å². The largest absolute Gasteiger partial charge is 0.507 e. The van der Waals surface area contributed by atoms with Crippen molar-refractivity contribution in [1.29, 1.82) is 0 Å². The molecule has 0 unspecified atom stereocenters. The van der Waals surface area contributed by atoms with Gasteiger partial charge in [0.05, 0.1) is 6.23 Å². The van der Waals surface area contributed by atoms with E-state index in [0.29, 0.717) is 17.5 Å². The molecule has 0 aliphatic carbocycles. The van der Waals surface area contributed by atoms with Gasteiger partial charge in [-0.2, -0.15) is 0 Å². The molecule has 0 saturated heterocycles. The van der Waals surface area contributed by atoms with E-state index in [9.17, 15) is 9.90 Å². The lowest BCUT2D eigenvalue weighted by atomic mass is 9.79. The Bertz CT molecular complexity index is 803. The SMILES string of the molecule is CC(C)(C)c1cc(OC[Si](C)(C)c2ccc(C=O)cc2)cc(C(C)(C)C)c1O. The number of ether oxygens (including phenoxy) is 1. The molecule has 2 aromatic rings. The Hall–Kier alpha value is -2.07. The molecule has 0 aromatic heterocycles. The van der Waals surface area contributed by atoms with Gasteiger partial charge in [-0.3, -0.25) is 4.79 Å². The summed E-state index contributed by atoms with van der Waals surface area (Å²) in [6.07, 6.45) is 1.50. The number of aldehydes is 1. The van der Waals surface area contributed by atoms with Crippen LogP contribution in [-0.4, -0.2) is 25.7 Å². The van der Waals surface area contributed by atoms with E-state index in [1.807, 2.05) is 36.4 Å². The minimum Gasteiger partial charge on any atom is -0.507 e. The average molecular weight is 399 g/mol. The zero-order chi connectivity index (χ0) is 21.3. The number of aromatic hydroxyl groups is 1. The molecule has 28 heavy (non-hydrogen) atoms. The van der Waals surface area contributed by atoms with Gasteiger partial charge in [0.25, 0.3) is 0 Å². The van der Waals surface area contributed by atoms with E-state index >= 15 is 0 Å². The summed E-state index contributed by atoms with van der Waals surface area (Å²) in [5, 5.41) is 12.1. The van der Waals surface area contributed by atoms with E-state index in [1.165, 1.54) is 5.19 Å². The molecule has 0 saturated carbocycles. The van der Waals surface area contributed by atoms with Crippen molar-refractivity contribution in [3.05, 3.63) is 53.1 Å². The van der Waals surface area contributed by atoms with Gasteiger partial charge in [-0.1, -0.05) is 84.1 Å². The van der Waals surface area contributed by atoms with Crippen molar-refractivity contribution in [2.45, 2.75) is 65.5 Å². The highest BCUT2D eigenvalue weighted by Crippen LogP contribution is 2.41. The smallest absolute Gasteiger partial charge is 0.150 e. The maximum atomic E-state index is 10.9. The highest BCUT2D eigenvalue weighted by Gasteiger charge is 2.29. The first-order valence-electron chi connectivity index (χ1n) is 9.82. The molecule has 1 N–H and O–H groups in total. The Morgan fingerprint density at radius 2 is 1.39 bits per heavy atom. The van der Waals surface area contributed by atoms with Gasteiger partial charge in [0.15, 0.2) is 0 Å². The van der Waals surface area contributed by atoms with Gasteiger partial charge in [-0.25, -0.2) is 0 Å². The number of carbonyl (C=O) groups excluding carboxylic acids is 1. The van der Waals surface area contributed by atoms with E-state index < -0.39 is 8.07 Å². The summed E-state index contributed by atoms with van der Waals surface area (Å²) in [7, 11) is -1.84. The predicted octanol–water partition coefficient (Wildman–Crippen LogP) is 5.33. The van der Waals surface area contributed by atoms with Gasteiger partial charge in [0, 0.05) is 16.7 Å². The van der Waals surface area contributed by atoms with Crippen LogP contribution < -0.4 is 9.92 Å². The Labute approximate surface area is 170 Å². The lowest BCUT2D eigenvalue weighted by Gasteiger charge is -2.29. The van der Waals surface area contributed by atoms with Crippen LogP contribution in [0.2, 0.25) is 13.1 Å². The van der Waals surface area contributed by atoms with Crippen molar-refractivity contribution >= 4 is 19.5 Å². The molecule has 0 aliphatic heterocycles. The molecule has 3 nitrogen and oxygen atoms in total. The van der Waals surface area contributed by atoms with Crippen LogP contribution in [0.1, 0.15) is 63.0 Å². The van der Waals surface area contributed by atoms with Crippen LogP contribution in [0, 0.1) is 0 Å². The van der Waals surface area contributed by atoms with E-state index in [0.717, 1.165) is 23.2 Å². The molecular formula is C24H34O3Si. The lowest BCUT2D eigenvalue weighted by molar-refractivity contribution is 0.112. The molecule has 152 valence electrons. The molecule has 0 heterocycles. The molecular weight excluding hydrogens is 364 g/mol. The monoisotopic (exact) mass is 398 g/mol. The molecule has 2 rings (SSSR count). The van der Waals surface area contributed by atoms with Crippen molar-refractivity contribution in [2.24, 2.45) is 0 Å². The van der Waals surface area contributed by atoms with Crippen LogP contribution in [0.25, 0.3) is 0 Å². The maximum absolute atomic E-state index is 10.9. The second-order valence-electron chi connectivity index (χ2n) is 10.3. The Kier molecular flexibility index (Phi) is 6.15.